The summed E-state index contributed by atoms with van der Waals surface area (Å²) in [6.45, 7) is 1.72. The zero-order valence-electron chi connectivity index (χ0n) is 18.0. The van der Waals surface area contributed by atoms with E-state index in [1.165, 1.54) is 39.0 Å². The van der Waals surface area contributed by atoms with E-state index in [2.05, 4.69) is 4.98 Å². The molecule has 0 aliphatic heterocycles. The highest BCUT2D eigenvalue weighted by atomic mass is 32.1. The number of non-ortho nitro benzene ring substituents is 1. The Morgan fingerprint density at radius 2 is 1.91 bits per heavy atom. The van der Waals surface area contributed by atoms with E-state index in [1.54, 1.807) is 0 Å². The summed E-state index contributed by atoms with van der Waals surface area (Å²) in [6, 6.07) is 19.0. The van der Waals surface area contributed by atoms with Crippen LogP contribution < -0.4 is 10.7 Å². The van der Waals surface area contributed by atoms with Gasteiger partial charge in [-0.3, -0.25) is 24.4 Å². The molecule has 0 saturated heterocycles. The Kier molecular flexibility index (Phi) is 5.42. The summed E-state index contributed by atoms with van der Waals surface area (Å²) in [7, 11) is 0. The normalized spacial score (nSPS) is 11.2. The lowest BCUT2D eigenvalue weighted by molar-refractivity contribution is -0.384. The average molecular weight is 474 g/mol. The molecule has 1 amide bonds. The molecule has 0 spiro atoms. The van der Waals surface area contributed by atoms with E-state index in [0.29, 0.717) is 16.3 Å². The molecule has 34 heavy (non-hydrogen) atoms. The molecule has 0 fully saturated rings. The lowest BCUT2D eigenvalue weighted by atomic mass is 10.1. The molecule has 0 atom stereocenters. The summed E-state index contributed by atoms with van der Waals surface area (Å²) in [5.41, 5.74) is 2.66. The minimum absolute atomic E-state index is 0.0471. The van der Waals surface area contributed by atoms with Crippen molar-refractivity contribution in [2.45, 2.75) is 19.9 Å². The Morgan fingerprint density at radius 3 is 2.62 bits per heavy atom. The smallest absolute Gasteiger partial charge is 0.407 e. The Morgan fingerprint density at radius 1 is 1.15 bits per heavy atom. The molecule has 0 N–H and O–H groups in total. The standard InChI is InChI=1S/C24H18N4O5S/c1-2-15-7-9-16(10-8-15)27(23-25-18-5-3-4-6-21(18)34-23)22(29)14-26-19-12-11-17(28(31)32)13-20(19)33-24(26)30/h3-13H,2,14H2,1H3. The second-order valence-electron chi connectivity index (χ2n) is 7.58. The molecule has 0 aliphatic rings. The van der Waals surface area contributed by atoms with E-state index < -0.39 is 16.6 Å². The van der Waals surface area contributed by atoms with Gasteiger partial charge in [0.2, 0.25) is 0 Å². The molecule has 10 heteroatoms. The number of carbonyl (C=O) groups excluding carboxylic acids is 1. The molecule has 2 aromatic heterocycles. The largest absolute Gasteiger partial charge is 0.420 e. The summed E-state index contributed by atoms with van der Waals surface area (Å²) in [6.07, 6.45) is 0.859. The Bertz CT molecular complexity index is 1570. The topological polar surface area (TPSA) is 111 Å². The van der Waals surface area contributed by atoms with Crippen molar-refractivity contribution in [2.24, 2.45) is 0 Å². The van der Waals surface area contributed by atoms with Crippen LogP contribution in [0.2, 0.25) is 0 Å². The molecule has 0 radical (unpaired) electrons. The number of aromatic nitrogens is 2. The van der Waals surface area contributed by atoms with Gasteiger partial charge in [0.25, 0.3) is 11.6 Å². The van der Waals surface area contributed by atoms with Gasteiger partial charge in [-0.25, -0.2) is 9.78 Å². The van der Waals surface area contributed by atoms with Crippen LogP contribution in [0.15, 0.2) is 75.9 Å². The molecule has 5 rings (SSSR count). The number of para-hydroxylation sites is 1. The first-order valence-corrected chi connectivity index (χ1v) is 11.3. The minimum atomic E-state index is -0.769. The van der Waals surface area contributed by atoms with Crippen LogP contribution in [-0.2, 0) is 17.8 Å². The maximum Gasteiger partial charge on any atom is 0.420 e. The lowest BCUT2D eigenvalue weighted by Gasteiger charge is -2.20. The van der Waals surface area contributed by atoms with Crippen LogP contribution in [0, 0.1) is 10.1 Å². The van der Waals surface area contributed by atoms with Crippen molar-refractivity contribution >= 4 is 55.1 Å². The van der Waals surface area contributed by atoms with Crippen molar-refractivity contribution in [1.82, 2.24) is 9.55 Å². The number of anilines is 2. The van der Waals surface area contributed by atoms with Crippen molar-refractivity contribution < 1.29 is 14.1 Å². The first-order valence-electron chi connectivity index (χ1n) is 10.5. The zero-order valence-corrected chi connectivity index (χ0v) is 18.8. The fourth-order valence-corrected chi connectivity index (χ4v) is 4.73. The predicted octanol–water partition coefficient (Wildman–Crippen LogP) is 5.04. The number of nitro groups is 1. The summed E-state index contributed by atoms with van der Waals surface area (Å²) in [5.74, 6) is -1.17. The van der Waals surface area contributed by atoms with Gasteiger partial charge in [0.1, 0.15) is 6.54 Å². The highest BCUT2D eigenvalue weighted by Gasteiger charge is 2.24. The highest BCUT2D eigenvalue weighted by Crippen LogP contribution is 2.34. The molecule has 0 bridgehead atoms. The summed E-state index contributed by atoms with van der Waals surface area (Å²) in [4.78, 5) is 42.7. The SMILES string of the molecule is CCc1ccc(N(C(=O)Cn2c(=O)oc3cc([N+](=O)[O-])ccc32)c2nc3ccccc3s2)cc1. The van der Waals surface area contributed by atoms with Gasteiger partial charge in [0.15, 0.2) is 10.7 Å². The third-order valence-electron chi connectivity index (χ3n) is 5.48. The van der Waals surface area contributed by atoms with Gasteiger partial charge in [-0.05, 0) is 42.3 Å². The highest BCUT2D eigenvalue weighted by molar-refractivity contribution is 7.22. The van der Waals surface area contributed by atoms with Crippen molar-refractivity contribution in [3.8, 4) is 0 Å². The number of nitrogens with zero attached hydrogens (tertiary/aromatic N) is 4. The number of aryl methyl sites for hydroxylation is 1. The van der Waals surface area contributed by atoms with E-state index in [1.807, 2.05) is 55.5 Å². The van der Waals surface area contributed by atoms with Crippen LogP contribution in [-0.4, -0.2) is 20.4 Å². The molecule has 5 aromatic rings. The number of oxazole rings is 1. The van der Waals surface area contributed by atoms with E-state index in [-0.39, 0.29) is 17.8 Å². The predicted molar refractivity (Wildman–Crippen MR) is 130 cm³/mol. The number of hydrogen-bond donors (Lipinski definition) is 0. The zero-order chi connectivity index (χ0) is 23.8. The van der Waals surface area contributed by atoms with E-state index in [4.69, 9.17) is 4.42 Å². The van der Waals surface area contributed by atoms with Crippen molar-refractivity contribution in [3.63, 3.8) is 0 Å². The molecule has 0 unspecified atom stereocenters. The number of thiazole rings is 1. The number of rotatable bonds is 6. The molecular formula is C24H18N4O5S. The molecule has 0 saturated carbocycles. The maximum absolute atomic E-state index is 13.6. The van der Waals surface area contributed by atoms with Crippen LogP contribution in [0.5, 0.6) is 0 Å². The van der Waals surface area contributed by atoms with Crippen LogP contribution in [0.25, 0.3) is 21.3 Å². The second-order valence-corrected chi connectivity index (χ2v) is 8.59. The van der Waals surface area contributed by atoms with Gasteiger partial charge < -0.3 is 4.42 Å². The van der Waals surface area contributed by atoms with Gasteiger partial charge in [-0.1, -0.05) is 42.5 Å². The second kappa shape index (κ2) is 8.56. The monoisotopic (exact) mass is 474 g/mol. The summed E-state index contributed by atoms with van der Waals surface area (Å²) >= 11 is 1.37. The molecular weight excluding hydrogens is 456 g/mol. The average Bonchev–Trinajstić information content (AvgIpc) is 3.39. The maximum atomic E-state index is 13.6. The number of nitro benzene ring substituents is 1. The number of amides is 1. The van der Waals surface area contributed by atoms with E-state index >= 15 is 0 Å². The number of benzene rings is 3. The molecule has 9 nitrogen and oxygen atoms in total. The van der Waals surface area contributed by atoms with Crippen molar-refractivity contribution in [2.75, 3.05) is 4.90 Å². The Hall–Kier alpha value is -4.31. The Labute approximate surface area is 196 Å². The fourth-order valence-electron chi connectivity index (χ4n) is 3.72. The van der Waals surface area contributed by atoms with Crippen molar-refractivity contribution in [1.29, 1.82) is 0 Å². The Balaban J connectivity index is 1.57. The van der Waals surface area contributed by atoms with Crippen LogP contribution in [0.1, 0.15) is 12.5 Å². The molecule has 0 aliphatic carbocycles. The van der Waals surface area contributed by atoms with Crippen LogP contribution in [0.4, 0.5) is 16.5 Å². The minimum Gasteiger partial charge on any atom is -0.407 e. The van der Waals surface area contributed by atoms with E-state index in [0.717, 1.165) is 22.2 Å². The summed E-state index contributed by atoms with van der Waals surface area (Å²) in [5, 5.41) is 11.5. The quantitative estimate of drug-likeness (QED) is 0.252. The van der Waals surface area contributed by atoms with Crippen LogP contribution in [0.3, 0.4) is 0 Å². The van der Waals surface area contributed by atoms with Gasteiger partial charge in [-0.15, -0.1) is 0 Å². The van der Waals surface area contributed by atoms with Gasteiger partial charge in [0, 0.05) is 6.07 Å². The third kappa shape index (κ3) is 3.84. The third-order valence-corrected chi connectivity index (χ3v) is 6.50. The fraction of sp³-hybridized carbons (Fsp3) is 0.125. The first-order chi connectivity index (χ1) is 16.4. The summed E-state index contributed by atoms with van der Waals surface area (Å²) < 4.78 is 7.28. The number of hydrogen-bond acceptors (Lipinski definition) is 7. The van der Waals surface area contributed by atoms with Gasteiger partial charge in [-0.2, -0.15) is 0 Å². The van der Waals surface area contributed by atoms with Gasteiger partial charge in [0.05, 0.1) is 32.4 Å². The van der Waals surface area contributed by atoms with Gasteiger partial charge >= 0.3 is 5.76 Å². The number of carbonyl (C=O) groups is 1. The molecule has 3 aromatic carbocycles. The molecule has 170 valence electrons. The van der Waals surface area contributed by atoms with Crippen LogP contribution >= 0.6 is 11.3 Å². The lowest BCUT2D eigenvalue weighted by Crippen LogP contribution is -2.32. The molecule has 2 heterocycles. The van der Waals surface area contributed by atoms with E-state index in [9.17, 15) is 19.7 Å². The van der Waals surface area contributed by atoms with Crippen molar-refractivity contribution in [3.05, 3.63) is 93.0 Å². The number of fused-ring (bicyclic) bond motifs is 2. The first kappa shape index (κ1) is 21.5.